The minimum atomic E-state index is -0.0874. The Balaban J connectivity index is 1.66. The monoisotopic (exact) mass is 283 g/mol. The highest BCUT2D eigenvalue weighted by molar-refractivity contribution is 5.79. The van der Waals surface area contributed by atoms with E-state index in [0.29, 0.717) is 0 Å². The number of rotatable bonds is 4. The second kappa shape index (κ2) is 6.12. The van der Waals surface area contributed by atoms with E-state index in [1.54, 1.807) is 0 Å². The number of nitrogens with one attached hydrogen (secondary N) is 2. The van der Waals surface area contributed by atoms with Crippen molar-refractivity contribution < 1.29 is 4.79 Å². The Morgan fingerprint density at radius 3 is 2.71 bits per heavy atom. The fourth-order valence-electron chi connectivity index (χ4n) is 2.91. The first-order valence-corrected chi connectivity index (χ1v) is 7.65. The van der Waals surface area contributed by atoms with Crippen molar-refractivity contribution in [1.29, 1.82) is 0 Å². The highest BCUT2D eigenvalue weighted by atomic mass is 16.1. The van der Waals surface area contributed by atoms with Crippen molar-refractivity contribution in [3.63, 3.8) is 0 Å². The van der Waals surface area contributed by atoms with Gasteiger partial charge in [0.2, 0.25) is 5.91 Å². The average molecular weight is 283 g/mol. The van der Waals surface area contributed by atoms with Gasteiger partial charge in [-0.1, -0.05) is 43.2 Å². The van der Waals surface area contributed by atoms with Crippen LogP contribution in [0.5, 0.6) is 0 Å². The molecule has 0 unspecified atom stereocenters. The average Bonchev–Trinajstić information content (AvgIpc) is 3.20. The number of hydrogen-bond acceptors (Lipinski definition) is 2. The maximum Gasteiger partial charge on any atom is 0.223 e. The van der Waals surface area contributed by atoms with Gasteiger partial charge in [-0.3, -0.25) is 4.79 Å². The Kier molecular flexibility index (Phi) is 4.04. The van der Waals surface area contributed by atoms with Crippen LogP contribution < -0.4 is 5.32 Å². The summed E-state index contributed by atoms with van der Waals surface area (Å²) in [6, 6.07) is 9.99. The fourth-order valence-corrected chi connectivity index (χ4v) is 2.91. The normalized spacial score (nSPS) is 16.8. The maximum absolute atomic E-state index is 12.2. The Hall–Kier alpha value is -2.10. The summed E-state index contributed by atoms with van der Waals surface area (Å²) in [6.07, 6.45) is 6.21. The van der Waals surface area contributed by atoms with Crippen LogP contribution in [0.4, 0.5) is 0 Å². The van der Waals surface area contributed by atoms with E-state index in [-0.39, 0.29) is 17.9 Å². The predicted octanol–water partition coefficient (Wildman–Crippen LogP) is 3.44. The predicted molar refractivity (Wildman–Crippen MR) is 82.5 cm³/mol. The van der Waals surface area contributed by atoms with Crippen molar-refractivity contribution in [2.75, 3.05) is 0 Å². The number of carbonyl (C=O) groups is 1. The van der Waals surface area contributed by atoms with Gasteiger partial charge in [-0.25, -0.2) is 4.98 Å². The molecule has 1 atom stereocenters. The Bertz CT molecular complexity index is 600. The molecule has 1 heterocycles. The lowest BCUT2D eigenvalue weighted by Gasteiger charge is -2.15. The molecular formula is C17H21N3O. The van der Waals surface area contributed by atoms with Gasteiger partial charge in [0, 0.05) is 5.92 Å². The minimum absolute atomic E-state index is 0.0874. The van der Waals surface area contributed by atoms with E-state index in [9.17, 15) is 4.79 Å². The Morgan fingerprint density at radius 1 is 1.29 bits per heavy atom. The van der Waals surface area contributed by atoms with Crippen LogP contribution in [0, 0.1) is 5.92 Å². The molecule has 21 heavy (non-hydrogen) atoms. The standard InChI is InChI=1S/C17H21N3O/c1-12(19-17(21)14-9-5-6-10-14)16-18-11-15(20-16)13-7-3-2-4-8-13/h2-4,7-8,11-12,14H,5-6,9-10H2,1H3,(H,18,20)(H,19,21)/t12-/m0/s1. The van der Waals surface area contributed by atoms with Gasteiger partial charge in [-0.05, 0) is 25.3 Å². The summed E-state index contributed by atoms with van der Waals surface area (Å²) < 4.78 is 0. The summed E-state index contributed by atoms with van der Waals surface area (Å²) in [7, 11) is 0. The van der Waals surface area contributed by atoms with E-state index in [1.165, 1.54) is 12.8 Å². The largest absolute Gasteiger partial charge is 0.346 e. The zero-order chi connectivity index (χ0) is 14.7. The first kappa shape index (κ1) is 13.9. The van der Waals surface area contributed by atoms with Crippen molar-refractivity contribution in [2.45, 2.75) is 38.6 Å². The molecule has 0 saturated heterocycles. The third-order valence-electron chi connectivity index (χ3n) is 4.18. The van der Waals surface area contributed by atoms with Crippen molar-refractivity contribution in [3.05, 3.63) is 42.4 Å². The van der Waals surface area contributed by atoms with Gasteiger partial charge < -0.3 is 10.3 Å². The van der Waals surface area contributed by atoms with E-state index in [2.05, 4.69) is 15.3 Å². The number of benzene rings is 1. The lowest BCUT2D eigenvalue weighted by molar-refractivity contribution is -0.125. The number of aromatic amines is 1. The molecule has 1 aliphatic rings. The maximum atomic E-state index is 12.2. The van der Waals surface area contributed by atoms with Crippen molar-refractivity contribution >= 4 is 5.91 Å². The van der Waals surface area contributed by atoms with Gasteiger partial charge in [0.25, 0.3) is 0 Å². The number of carbonyl (C=O) groups excluding carboxylic acids is 1. The molecule has 0 bridgehead atoms. The molecule has 0 radical (unpaired) electrons. The number of imidazole rings is 1. The van der Waals surface area contributed by atoms with Crippen LogP contribution in [0.2, 0.25) is 0 Å². The molecule has 2 N–H and O–H groups in total. The van der Waals surface area contributed by atoms with Gasteiger partial charge in [-0.2, -0.15) is 0 Å². The van der Waals surface area contributed by atoms with E-state index < -0.39 is 0 Å². The van der Waals surface area contributed by atoms with E-state index in [1.807, 2.05) is 43.5 Å². The topological polar surface area (TPSA) is 57.8 Å². The Labute approximate surface area is 125 Å². The van der Waals surface area contributed by atoms with Crippen LogP contribution in [-0.4, -0.2) is 15.9 Å². The molecular weight excluding hydrogens is 262 g/mol. The van der Waals surface area contributed by atoms with Gasteiger partial charge in [0.15, 0.2) is 0 Å². The van der Waals surface area contributed by atoms with Crippen LogP contribution in [-0.2, 0) is 4.79 Å². The summed E-state index contributed by atoms with van der Waals surface area (Å²) in [6.45, 7) is 1.97. The molecule has 1 aromatic carbocycles. The smallest absolute Gasteiger partial charge is 0.223 e. The number of H-pyrrole nitrogens is 1. The first-order valence-electron chi connectivity index (χ1n) is 7.65. The molecule has 1 fully saturated rings. The number of nitrogens with zero attached hydrogens (tertiary/aromatic N) is 1. The zero-order valence-corrected chi connectivity index (χ0v) is 12.3. The molecule has 4 heteroatoms. The quantitative estimate of drug-likeness (QED) is 0.903. The summed E-state index contributed by atoms with van der Waals surface area (Å²) in [5, 5.41) is 3.07. The van der Waals surface area contributed by atoms with Crippen molar-refractivity contribution in [3.8, 4) is 11.3 Å². The van der Waals surface area contributed by atoms with E-state index in [4.69, 9.17) is 0 Å². The summed E-state index contributed by atoms with van der Waals surface area (Å²) in [5.74, 6) is 1.16. The highest BCUT2D eigenvalue weighted by Gasteiger charge is 2.24. The number of aromatic nitrogens is 2. The van der Waals surface area contributed by atoms with Crippen LogP contribution >= 0.6 is 0 Å². The summed E-state index contributed by atoms with van der Waals surface area (Å²) in [5.41, 5.74) is 2.08. The van der Waals surface area contributed by atoms with Crippen LogP contribution in [0.3, 0.4) is 0 Å². The van der Waals surface area contributed by atoms with Crippen molar-refractivity contribution in [2.24, 2.45) is 5.92 Å². The van der Waals surface area contributed by atoms with Gasteiger partial charge >= 0.3 is 0 Å². The van der Waals surface area contributed by atoms with Gasteiger partial charge in [0.05, 0.1) is 17.9 Å². The minimum Gasteiger partial charge on any atom is -0.346 e. The molecule has 2 aromatic rings. The molecule has 4 nitrogen and oxygen atoms in total. The zero-order valence-electron chi connectivity index (χ0n) is 12.3. The lowest BCUT2D eigenvalue weighted by Crippen LogP contribution is -2.32. The highest BCUT2D eigenvalue weighted by Crippen LogP contribution is 2.26. The summed E-state index contributed by atoms with van der Waals surface area (Å²) in [4.78, 5) is 19.9. The second-order valence-corrected chi connectivity index (χ2v) is 5.76. The molecule has 0 spiro atoms. The molecule has 1 amide bonds. The molecule has 1 aliphatic carbocycles. The third kappa shape index (κ3) is 3.15. The van der Waals surface area contributed by atoms with Crippen LogP contribution in [0.15, 0.2) is 36.5 Å². The van der Waals surface area contributed by atoms with Gasteiger partial charge in [0.1, 0.15) is 5.82 Å². The Morgan fingerprint density at radius 2 is 2.00 bits per heavy atom. The van der Waals surface area contributed by atoms with Crippen LogP contribution in [0.1, 0.15) is 44.5 Å². The SMILES string of the molecule is C[C@H](NC(=O)C1CCCC1)c1ncc(-c2ccccc2)[nH]1. The van der Waals surface area contributed by atoms with E-state index in [0.717, 1.165) is 29.9 Å². The second-order valence-electron chi connectivity index (χ2n) is 5.76. The van der Waals surface area contributed by atoms with Crippen LogP contribution in [0.25, 0.3) is 11.3 Å². The van der Waals surface area contributed by atoms with Crippen molar-refractivity contribution in [1.82, 2.24) is 15.3 Å². The van der Waals surface area contributed by atoms with E-state index >= 15 is 0 Å². The molecule has 0 aliphatic heterocycles. The molecule has 1 aromatic heterocycles. The third-order valence-corrected chi connectivity index (χ3v) is 4.18. The molecule has 3 rings (SSSR count). The number of hydrogen-bond donors (Lipinski definition) is 2. The number of amides is 1. The summed E-state index contributed by atoms with van der Waals surface area (Å²) >= 11 is 0. The molecule has 1 saturated carbocycles. The first-order chi connectivity index (χ1) is 10.2. The molecule has 110 valence electrons. The lowest BCUT2D eigenvalue weighted by atomic mass is 10.1. The van der Waals surface area contributed by atoms with Gasteiger partial charge in [-0.15, -0.1) is 0 Å². The fraction of sp³-hybridized carbons (Fsp3) is 0.412.